The summed E-state index contributed by atoms with van der Waals surface area (Å²) in [5, 5.41) is 0. The first-order valence-electron chi connectivity index (χ1n) is 10.1. The lowest BCUT2D eigenvalue weighted by Crippen LogP contribution is -2.51. The number of anilines is 2. The van der Waals surface area contributed by atoms with Crippen LogP contribution in [0.5, 0.6) is 0 Å². The van der Waals surface area contributed by atoms with Crippen LogP contribution in [0.3, 0.4) is 0 Å². The van der Waals surface area contributed by atoms with E-state index in [9.17, 15) is 0 Å². The van der Waals surface area contributed by atoms with Crippen molar-refractivity contribution in [3.63, 3.8) is 0 Å². The van der Waals surface area contributed by atoms with Gasteiger partial charge in [0.2, 0.25) is 0 Å². The Labute approximate surface area is 152 Å². The van der Waals surface area contributed by atoms with Crippen LogP contribution in [0.25, 0.3) is 0 Å². The van der Waals surface area contributed by atoms with Crippen LogP contribution in [-0.2, 0) is 5.41 Å². The number of nitrogens with zero attached hydrogens (tertiary/aromatic N) is 1. The van der Waals surface area contributed by atoms with Gasteiger partial charge < -0.3 is 4.90 Å². The zero-order valence-electron chi connectivity index (χ0n) is 15.5. The molecule has 5 unspecified atom stereocenters. The van der Waals surface area contributed by atoms with Gasteiger partial charge in [0.15, 0.2) is 0 Å². The first-order valence-corrected chi connectivity index (χ1v) is 10.1. The Morgan fingerprint density at radius 3 is 2.44 bits per heavy atom. The zero-order valence-corrected chi connectivity index (χ0v) is 15.5. The highest BCUT2D eigenvalue weighted by Gasteiger charge is 2.56. The van der Waals surface area contributed by atoms with Crippen molar-refractivity contribution in [3.05, 3.63) is 60.2 Å². The van der Waals surface area contributed by atoms with Crippen LogP contribution in [0.15, 0.2) is 54.6 Å². The quantitative estimate of drug-likeness (QED) is 0.604. The van der Waals surface area contributed by atoms with E-state index >= 15 is 0 Å². The predicted octanol–water partition coefficient (Wildman–Crippen LogP) is 6.17. The fourth-order valence-corrected chi connectivity index (χ4v) is 6.61. The van der Waals surface area contributed by atoms with Crippen molar-refractivity contribution in [2.24, 2.45) is 23.7 Å². The fraction of sp³-hybridized carbons (Fsp3) is 0.500. The van der Waals surface area contributed by atoms with Gasteiger partial charge in [0.1, 0.15) is 0 Å². The monoisotopic (exact) mass is 331 g/mol. The summed E-state index contributed by atoms with van der Waals surface area (Å²) in [6.45, 7) is 6.20. The molecule has 3 aliphatic rings. The molecule has 2 saturated carbocycles. The number of rotatable bonds is 1. The molecule has 130 valence electrons. The van der Waals surface area contributed by atoms with Gasteiger partial charge in [0.05, 0.1) is 0 Å². The van der Waals surface area contributed by atoms with E-state index in [4.69, 9.17) is 0 Å². The molecule has 2 fully saturated rings. The molecule has 1 aliphatic heterocycles. The molecule has 5 rings (SSSR count). The summed E-state index contributed by atoms with van der Waals surface area (Å²) in [7, 11) is 0. The molecule has 0 aromatic heterocycles. The molecular weight excluding hydrogens is 302 g/mol. The second-order valence-corrected chi connectivity index (χ2v) is 8.99. The van der Waals surface area contributed by atoms with Gasteiger partial charge in [-0.1, -0.05) is 50.2 Å². The number of hydrogen-bond donors (Lipinski definition) is 0. The van der Waals surface area contributed by atoms with E-state index in [0.29, 0.717) is 5.41 Å². The third-order valence-electron chi connectivity index (χ3n) is 7.52. The molecule has 1 nitrogen and oxygen atoms in total. The van der Waals surface area contributed by atoms with Crippen LogP contribution < -0.4 is 4.90 Å². The summed E-state index contributed by atoms with van der Waals surface area (Å²) in [4.78, 5) is 2.60. The molecule has 1 spiro atoms. The Hall–Kier alpha value is -1.76. The smallest absolute Gasteiger partial charge is 0.0450 e. The summed E-state index contributed by atoms with van der Waals surface area (Å²) < 4.78 is 0. The van der Waals surface area contributed by atoms with Gasteiger partial charge in [-0.3, -0.25) is 0 Å². The minimum atomic E-state index is 0.345. The van der Waals surface area contributed by atoms with Gasteiger partial charge in [-0.2, -0.15) is 0 Å². The van der Waals surface area contributed by atoms with Crippen LogP contribution >= 0.6 is 0 Å². The molecule has 2 aliphatic carbocycles. The van der Waals surface area contributed by atoms with Gasteiger partial charge in [-0.25, -0.2) is 0 Å². The second-order valence-electron chi connectivity index (χ2n) is 8.99. The van der Waals surface area contributed by atoms with Crippen molar-refractivity contribution in [2.45, 2.75) is 44.9 Å². The third-order valence-corrected chi connectivity index (χ3v) is 7.52. The average molecular weight is 332 g/mol. The van der Waals surface area contributed by atoms with Crippen LogP contribution in [0.2, 0.25) is 0 Å². The van der Waals surface area contributed by atoms with E-state index in [1.807, 2.05) is 0 Å². The van der Waals surface area contributed by atoms with Gasteiger partial charge in [0.25, 0.3) is 0 Å². The van der Waals surface area contributed by atoms with Crippen molar-refractivity contribution >= 4 is 11.4 Å². The SMILES string of the molecule is CC1CC2CC(C)C3(CN(c4ccccc4)c4ccccc43)C(C1)C2. The average Bonchev–Trinajstić information content (AvgIpc) is 2.97. The van der Waals surface area contributed by atoms with E-state index in [2.05, 4.69) is 73.3 Å². The molecule has 0 saturated heterocycles. The lowest BCUT2D eigenvalue weighted by Gasteiger charge is -2.53. The van der Waals surface area contributed by atoms with E-state index < -0.39 is 0 Å². The second kappa shape index (κ2) is 5.62. The highest BCUT2D eigenvalue weighted by molar-refractivity contribution is 5.73. The minimum absolute atomic E-state index is 0.345. The number of hydrogen-bond acceptors (Lipinski definition) is 1. The normalized spacial score (nSPS) is 36.5. The van der Waals surface area contributed by atoms with Crippen molar-refractivity contribution in [1.82, 2.24) is 0 Å². The Bertz CT molecular complexity index is 763. The maximum atomic E-state index is 2.60. The molecule has 25 heavy (non-hydrogen) atoms. The fourth-order valence-electron chi connectivity index (χ4n) is 6.61. The third kappa shape index (κ3) is 2.21. The largest absolute Gasteiger partial charge is 0.340 e. The maximum absolute atomic E-state index is 2.60. The predicted molar refractivity (Wildman–Crippen MR) is 105 cm³/mol. The minimum Gasteiger partial charge on any atom is -0.340 e. The maximum Gasteiger partial charge on any atom is 0.0450 e. The molecule has 0 amide bonds. The molecule has 0 N–H and O–H groups in total. The van der Waals surface area contributed by atoms with Crippen molar-refractivity contribution in [3.8, 4) is 0 Å². The molecule has 1 heteroatoms. The van der Waals surface area contributed by atoms with Crippen molar-refractivity contribution < 1.29 is 0 Å². The lowest BCUT2D eigenvalue weighted by molar-refractivity contribution is 0.0267. The van der Waals surface area contributed by atoms with E-state index in [0.717, 1.165) is 23.7 Å². The molecule has 1 heterocycles. The molecule has 2 bridgehead atoms. The summed E-state index contributed by atoms with van der Waals surface area (Å²) in [5.74, 6) is 3.48. The Kier molecular flexibility index (Phi) is 3.48. The number of benzene rings is 2. The Morgan fingerprint density at radius 1 is 0.840 bits per heavy atom. The van der Waals surface area contributed by atoms with Gasteiger partial charge in [-0.05, 0) is 73.1 Å². The zero-order chi connectivity index (χ0) is 17.0. The lowest BCUT2D eigenvalue weighted by atomic mass is 9.51. The number of fused-ring (bicyclic) bond motifs is 5. The summed E-state index contributed by atoms with van der Waals surface area (Å²) in [6.07, 6.45) is 5.74. The molecule has 2 aromatic rings. The summed E-state index contributed by atoms with van der Waals surface area (Å²) in [5.41, 5.74) is 4.78. The van der Waals surface area contributed by atoms with Crippen molar-refractivity contribution in [2.75, 3.05) is 11.4 Å². The Morgan fingerprint density at radius 2 is 1.60 bits per heavy atom. The van der Waals surface area contributed by atoms with Gasteiger partial charge >= 0.3 is 0 Å². The van der Waals surface area contributed by atoms with Crippen molar-refractivity contribution in [1.29, 1.82) is 0 Å². The first-order chi connectivity index (χ1) is 12.2. The van der Waals surface area contributed by atoms with Crippen LogP contribution in [0.4, 0.5) is 11.4 Å². The van der Waals surface area contributed by atoms with E-state index in [1.165, 1.54) is 43.6 Å². The van der Waals surface area contributed by atoms with Crippen LogP contribution in [0, 0.1) is 23.7 Å². The van der Waals surface area contributed by atoms with Crippen LogP contribution in [0.1, 0.15) is 45.1 Å². The van der Waals surface area contributed by atoms with E-state index in [-0.39, 0.29) is 0 Å². The molecule has 0 radical (unpaired) electrons. The Balaban J connectivity index is 1.64. The summed E-state index contributed by atoms with van der Waals surface area (Å²) >= 11 is 0. The van der Waals surface area contributed by atoms with Crippen LogP contribution in [-0.4, -0.2) is 6.54 Å². The van der Waals surface area contributed by atoms with E-state index in [1.54, 1.807) is 5.56 Å². The standard InChI is InChI=1S/C24H29N/c1-17-12-19-14-18(2)24(20(13-17)15-19)16-25(21-8-4-3-5-9-21)23-11-7-6-10-22(23)24/h3-11,17-20H,12-16H2,1-2H3. The number of para-hydroxylation sites is 2. The molecular formula is C24H29N. The molecule has 5 atom stereocenters. The highest BCUT2D eigenvalue weighted by atomic mass is 15.2. The van der Waals surface area contributed by atoms with Gasteiger partial charge in [0, 0.05) is 23.3 Å². The first kappa shape index (κ1) is 15.5. The summed E-state index contributed by atoms with van der Waals surface area (Å²) in [6, 6.07) is 20.3. The van der Waals surface area contributed by atoms with Gasteiger partial charge in [-0.15, -0.1) is 0 Å². The highest BCUT2D eigenvalue weighted by Crippen LogP contribution is 2.61. The molecule has 2 aromatic carbocycles. The topological polar surface area (TPSA) is 3.24 Å².